The minimum Gasteiger partial charge on any atom is -0.382 e. The maximum atomic E-state index is 5.51. The second-order valence-corrected chi connectivity index (χ2v) is 5.13. The molecule has 0 amide bonds. The maximum Gasteiger partial charge on any atom is 0.147 e. The van der Waals surface area contributed by atoms with E-state index in [0.717, 1.165) is 17.6 Å². The zero-order valence-electron chi connectivity index (χ0n) is 7.76. The summed E-state index contributed by atoms with van der Waals surface area (Å²) in [5.74, 6) is 2.70. The van der Waals surface area contributed by atoms with Gasteiger partial charge in [-0.05, 0) is 6.42 Å². The summed E-state index contributed by atoms with van der Waals surface area (Å²) in [5, 5.41) is 0.805. The number of nitrogens with two attached hydrogens (primary N) is 1. The Morgan fingerprint density at radius 2 is 2.36 bits per heavy atom. The molecule has 1 aromatic rings. The van der Waals surface area contributed by atoms with E-state index in [1.54, 1.807) is 12.4 Å². The number of hydrogen-bond donors (Lipinski definition) is 1. The molecule has 1 aromatic heterocycles. The highest BCUT2D eigenvalue weighted by molar-refractivity contribution is 8.00. The van der Waals surface area contributed by atoms with Crippen LogP contribution in [0, 0.1) is 0 Å². The molecule has 0 radical (unpaired) electrons. The molecule has 5 heteroatoms. The number of nitrogen functional groups attached to an aromatic ring is 1. The molecule has 2 aliphatic rings. The van der Waals surface area contributed by atoms with E-state index in [1.807, 2.05) is 0 Å². The van der Waals surface area contributed by atoms with Crippen molar-refractivity contribution in [2.45, 2.75) is 17.7 Å². The van der Waals surface area contributed by atoms with Crippen LogP contribution in [-0.2, 0) is 0 Å². The summed E-state index contributed by atoms with van der Waals surface area (Å²) in [5.41, 5.74) is 5.51. The molecule has 0 saturated carbocycles. The lowest BCUT2D eigenvalue weighted by Gasteiger charge is -2.27. The molecule has 2 aliphatic heterocycles. The highest BCUT2D eigenvalue weighted by atomic mass is 32.2. The van der Waals surface area contributed by atoms with Gasteiger partial charge in [0, 0.05) is 23.6 Å². The summed E-state index contributed by atoms with van der Waals surface area (Å²) >= 11 is 2.08. The number of fused-ring (bicyclic) bond motifs is 2. The summed E-state index contributed by atoms with van der Waals surface area (Å²) in [6.45, 7) is 1.12. The zero-order chi connectivity index (χ0) is 9.54. The first-order chi connectivity index (χ1) is 6.83. The SMILES string of the molecule is Nc1cnc(N2CC3CC2CS3)cn1. The fraction of sp³-hybridized carbons (Fsp3) is 0.556. The van der Waals surface area contributed by atoms with Crippen LogP contribution in [0.5, 0.6) is 0 Å². The molecule has 0 aliphatic carbocycles. The third kappa shape index (κ3) is 1.23. The number of nitrogens with zero attached hydrogens (tertiary/aromatic N) is 3. The van der Waals surface area contributed by atoms with Crippen molar-refractivity contribution in [3.05, 3.63) is 12.4 Å². The molecule has 0 aromatic carbocycles. The minimum atomic E-state index is 0.493. The molecular formula is C9H12N4S. The van der Waals surface area contributed by atoms with Crippen LogP contribution in [0.2, 0.25) is 0 Å². The third-order valence-corrected chi connectivity index (χ3v) is 4.24. The third-order valence-electron chi connectivity index (χ3n) is 2.85. The van der Waals surface area contributed by atoms with E-state index in [9.17, 15) is 0 Å². The van der Waals surface area contributed by atoms with Gasteiger partial charge in [0.15, 0.2) is 0 Å². The van der Waals surface area contributed by atoms with E-state index in [2.05, 4.69) is 26.6 Å². The summed E-state index contributed by atoms with van der Waals surface area (Å²) in [4.78, 5) is 10.7. The molecule has 74 valence electrons. The Hall–Kier alpha value is -0.970. The van der Waals surface area contributed by atoms with E-state index in [0.29, 0.717) is 11.9 Å². The summed E-state index contributed by atoms with van der Waals surface area (Å²) in [6.07, 6.45) is 4.71. The number of hydrogen-bond acceptors (Lipinski definition) is 5. The summed E-state index contributed by atoms with van der Waals surface area (Å²) in [6, 6.07) is 0.669. The number of aromatic nitrogens is 2. The highest BCUT2D eigenvalue weighted by Gasteiger charge is 2.39. The molecule has 2 N–H and O–H groups in total. The molecule has 2 atom stereocenters. The van der Waals surface area contributed by atoms with Gasteiger partial charge >= 0.3 is 0 Å². The van der Waals surface area contributed by atoms with Crippen molar-refractivity contribution in [1.82, 2.24) is 9.97 Å². The average Bonchev–Trinajstić information content (AvgIpc) is 2.80. The van der Waals surface area contributed by atoms with E-state index < -0.39 is 0 Å². The van der Waals surface area contributed by atoms with Gasteiger partial charge in [-0.1, -0.05) is 0 Å². The van der Waals surface area contributed by atoms with Crippen LogP contribution in [0.15, 0.2) is 12.4 Å². The quantitative estimate of drug-likeness (QED) is 0.738. The number of anilines is 2. The number of thioether (sulfide) groups is 1. The van der Waals surface area contributed by atoms with Crippen molar-refractivity contribution in [2.24, 2.45) is 0 Å². The van der Waals surface area contributed by atoms with Gasteiger partial charge in [0.2, 0.25) is 0 Å². The molecule has 2 bridgehead atoms. The Morgan fingerprint density at radius 3 is 2.93 bits per heavy atom. The van der Waals surface area contributed by atoms with Crippen molar-refractivity contribution >= 4 is 23.4 Å². The fourth-order valence-electron chi connectivity index (χ4n) is 2.16. The first-order valence-corrected chi connectivity index (χ1v) is 5.83. The van der Waals surface area contributed by atoms with Crippen LogP contribution < -0.4 is 10.6 Å². The van der Waals surface area contributed by atoms with Gasteiger partial charge in [-0.25, -0.2) is 9.97 Å². The Labute approximate surface area is 86.9 Å². The van der Waals surface area contributed by atoms with Crippen molar-refractivity contribution < 1.29 is 0 Å². The molecule has 3 rings (SSSR count). The topological polar surface area (TPSA) is 55.0 Å². The van der Waals surface area contributed by atoms with Crippen LogP contribution in [0.1, 0.15) is 6.42 Å². The Bertz CT molecular complexity index is 339. The fourth-order valence-corrected chi connectivity index (χ4v) is 3.59. The van der Waals surface area contributed by atoms with Gasteiger partial charge < -0.3 is 10.6 Å². The second-order valence-electron chi connectivity index (χ2n) is 3.80. The van der Waals surface area contributed by atoms with E-state index in [4.69, 9.17) is 5.73 Å². The predicted molar refractivity (Wildman–Crippen MR) is 58.4 cm³/mol. The smallest absolute Gasteiger partial charge is 0.147 e. The average molecular weight is 208 g/mol. The van der Waals surface area contributed by atoms with Crippen molar-refractivity contribution in [3.63, 3.8) is 0 Å². The lowest BCUT2D eigenvalue weighted by molar-refractivity contribution is 0.750. The Kier molecular flexibility index (Phi) is 1.80. The van der Waals surface area contributed by atoms with Crippen LogP contribution in [0.4, 0.5) is 11.6 Å². The largest absolute Gasteiger partial charge is 0.382 e. The van der Waals surface area contributed by atoms with E-state index in [-0.39, 0.29) is 0 Å². The van der Waals surface area contributed by atoms with E-state index in [1.165, 1.54) is 12.2 Å². The molecule has 3 heterocycles. The Morgan fingerprint density at radius 1 is 1.43 bits per heavy atom. The van der Waals surface area contributed by atoms with Gasteiger partial charge in [-0.3, -0.25) is 0 Å². The van der Waals surface area contributed by atoms with Crippen molar-refractivity contribution in [1.29, 1.82) is 0 Å². The first-order valence-electron chi connectivity index (χ1n) is 4.79. The molecule has 4 nitrogen and oxygen atoms in total. The van der Waals surface area contributed by atoms with Crippen LogP contribution >= 0.6 is 11.8 Å². The van der Waals surface area contributed by atoms with Crippen molar-refractivity contribution in [3.8, 4) is 0 Å². The molecule has 2 unspecified atom stereocenters. The van der Waals surface area contributed by atoms with Gasteiger partial charge in [0.05, 0.1) is 12.4 Å². The normalized spacial score (nSPS) is 29.9. The standard InChI is InChI=1S/C9H12N4S/c10-8-2-12-9(3-11-8)13-4-7-1-6(13)5-14-7/h2-3,6-7H,1,4-5H2,(H2,10,11). The Balaban J connectivity index is 1.86. The zero-order valence-corrected chi connectivity index (χ0v) is 8.57. The molecule has 14 heavy (non-hydrogen) atoms. The summed E-state index contributed by atoms with van der Waals surface area (Å²) < 4.78 is 0. The van der Waals surface area contributed by atoms with Gasteiger partial charge in [0.1, 0.15) is 11.6 Å². The minimum absolute atomic E-state index is 0.493. The second kappa shape index (κ2) is 3.02. The van der Waals surface area contributed by atoms with Crippen LogP contribution in [-0.4, -0.2) is 33.6 Å². The van der Waals surface area contributed by atoms with Crippen LogP contribution in [0.3, 0.4) is 0 Å². The van der Waals surface area contributed by atoms with Gasteiger partial charge in [-0.15, -0.1) is 0 Å². The maximum absolute atomic E-state index is 5.51. The molecule has 2 fully saturated rings. The van der Waals surface area contributed by atoms with Crippen LogP contribution in [0.25, 0.3) is 0 Å². The highest BCUT2D eigenvalue weighted by Crippen LogP contribution is 2.39. The van der Waals surface area contributed by atoms with E-state index >= 15 is 0 Å². The lowest BCUT2D eigenvalue weighted by Crippen LogP contribution is -2.34. The van der Waals surface area contributed by atoms with Crippen molar-refractivity contribution in [2.75, 3.05) is 22.9 Å². The molecule has 2 saturated heterocycles. The van der Waals surface area contributed by atoms with Gasteiger partial charge in [0.25, 0.3) is 0 Å². The predicted octanol–water partition coefficient (Wildman–Crippen LogP) is 0.753. The lowest BCUT2D eigenvalue weighted by atomic mass is 10.2. The number of rotatable bonds is 1. The monoisotopic (exact) mass is 208 g/mol. The molecule has 0 spiro atoms. The molecular weight excluding hydrogens is 196 g/mol. The summed E-state index contributed by atoms with van der Waals surface area (Å²) in [7, 11) is 0. The first kappa shape index (κ1) is 8.35. The van der Waals surface area contributed by atoms with Gasteiger partial charge in [-0.2, -0.15) is 11.8 Å².